The lowest BCUT2D eigenvalue weighted by Gasteiger charge is -2.16. The lowest BCUT2D eigenvalue weighted by molar-refractivity contribution is -0.121. The first kappa shape index (κ1) is 22.3. The van der Waals surface area contributed by atoms with Crippen LogP contribution in [-0.2, 0) is 14.8 Å². The van der Waals surface area contributed by atoms with Gasteiger partial charge in [-0.1, -0.05) is 23.7 Å². The van der Waals surface area contributed by atoms with E-state index in [1.54, 1.807) is 0 Å². The molecule has 0 saturated carbocycles. The van der Waals surface area contributed by atoms with Gasteiger partial charge in [-0.25, -0.2) is 18.6 Å². The Morgan fingerprint density at radius 1 is 1.24 bits per heavy atom. The maximum absolute atomic E-state index is 12.6. The van der Waals surface area contributed by atoms with Crippen molar-refractivity contribution in [2.75, 3.05) is 20.7 Å². The molecule has 2 aromatic carbocycles. The highest BCUT2D eigenvalue weighted by molar-refractivity contribution is 7.89. The highest BCUT2D eigenvalue weighted by atomic mass is 35.5. The third-order valence-corrected chi connectivity index (χ3v) is 5.85. The van der Waals surface area contributed by atoms with Crippen LogP contribution in [0.4, 0.5) is 0 Å². The summed E-state index contributed by atoms with van der Waals surface area (Å²) < 4.78 is 31.0. The lowest BCUT2D eigenvalue weighted by atomic mass is 10.1. The third-order valence-electron chi connectivity index (χ3n) is 3.76. The lowest BCUT2D eigenvalue weighted by Crippen LogP contribution is -2.36. The minimum Gasteiger partial charge on any atom is -0.495 e. The second-order valence-corrected chi connectivity index (χ2v) is 8.23. The van der Waals surface area contributed by atoms with E-state index in [1.165, 1.54) is 62.8 Å². The van der Waals surface area contributed by atoms with Crippen molar-refractivity contribution in [1.29, 1.82) is 0 Å². The van der Waals surface area contributed by atoms with Crippen molar-refractivity contribution in [3.05, 3.63) is 58.6 Å². The van der Waals surface area contributed by atoms with Gasteiger partial charge in [-0.05, 0) is 35.9 Å². The SMILES string of the molecule is COc1ccc(S(=O)(=O)N(C)CC(=O)NN=Cc2ccc(C(=O)O)cc2)cc1Cl. The number of hydrazone groups is 1. The van der Waals surface area contributed by atoms with Crippen LogP contribution in [0.2, 0.25) is 5.02 Å². The van der Waals surface area contributed by atoms with Crippen LogP contribution < -0.4 is 10.2 Å². The van der Waals surface area contributed by atoms with E-state index in [0.29, 0.717) is 11.3 Å². The van der Waals surface area contributed by atoms with Crippen LogP contribution in [0, 0.1) is 0 Å². The minimum absolute atomic E-state index is 0.0828. The number of hydrogen-bond donors (Lipinski definition) is 2. The first-order valence-electron chi connectivity index (χ1n) is 8.10. The van der Waals surface area contributed by atoms with E-state index < -0.39 is 28.4 Å². The number of methoxy groups -OCH3 is 1. The fourth-order valence-electron chi connectivity index (χ4n) is 2.20. The molecule has 0 saturated heterocycles. The molecule has 9 nitrogen and oxygen atoms in total. The van der Waals surface area contributed by atoms with Gasteiger partial charge in [-0.3, -0.25) is 4.79 Å². The molecule has 2 aromatic rings. The molecule has 0 fully saturated rings. The van der Waals surface area contributed by atoms with Gasteiger partial charge in [-0.2, -0.15) is 9.41 Å². The van der Waals surface area contributed by atoms with Gasteiger partial charge in [0.05, 0.1) is 35.4 Å². The highest BCUT2D eigenvalue weighted by Gasteiger charge is 2.23. The number of likely N-dealkylation sites (N-methyl/N-ethyl adjacent to an activating group) is 1. The summed E-state index contributed by atoms with van der Waals surface area (Å²) in [6, 6.07) is 9.81. The van der Waals surface area contributed by atoms with Crippen molar-refractivity contribution in [3.8, 4) is 5.75 Å². The number of rotatable bonds is 8. The summed E-state index contributed by atoms with van der Waals surface area (Å²) in [5.41, 5.74) is 2.90. The molecule has 0 aliphatic rings. The summed E-state index contributed by atoms with van der Waals surface area (Å²) in [6.45, 7) is -0.471. The van der Waals surface area contributed by atoms with E-state index in [2.05, 4.69) is 10.5 Å². The van der Waals surface area contributed by atoms with E-state index in [9.17, 15) is 18.0 Å². The monoisotopic (exact) mass is 439 g/mol. The summed E-state index contributed by atoms with van der Waals surface area (Å²) in [5.74, 6) is -1.38. The molecule has 0 aliphatic carbocycles. The van der Waals surface area contributed by atoms with E-state index in [0.717, 1.165) is 4.31 Å². The van der Waals surface area contributed by atoms with Gasteiger partial charge in [0.15, 0.2) is 0 Å². The Hall–Kier alpha value is -2.95. The molecule has 154 valence electrons. The number of hydrogen-bond acceptors (Lipinski definition) is 6. The molecule has 0 radical (unpaired) electrons. The van der Waals surface area contributed by atoms with Gasteiger partial charge in [0.2, 0.25) is 10.0 Å². The van der Waals surface area contributed by atoms with Crippen LogP contribution in [0.1, 0.15) is 15.9 Å². The van der Waals surface area contributed by atoms with Crippen molar-refractivity contribution in [1.82, 2.24) is 9.73 Å². The van der Waals surface area contributed by atoms with Gasteiger partial charge in [0.1, 0.15) is 5.75 Å². The molecule has 0 spiro atoms. The summed E-state index contributed by atoms with van der Waals surface area (Å²) in [6.07, 6.45) is 1.31. The third kappa shape index (κ3) is 5.76. The summed E-state index contributed by atoms with van der Waals surface area (Å²) in [7, 11) is -1.29. The quantitative estimate of drug-likeness (QED) is 0.477. The molecule has 0 aromatic heterocycles. The van der Waals surface area contributed by atoms with Crippen LogP contribution in [0.15, 0.2) is 52.5 Å². The van der Waals surface area contributed by atoms with Crippen molar-refractivity contribution >= 4 is 39.7 Å². The van der Waals surface area contributed by atoms with Gasteiger partial charge in [-0.15, -0.1) is 0 Å². The number of halogens is 1. The van der Waals surface area contributed by atoms with E-state index in [4.69, 9.17) is 21.4 Å². The van der Waals surface area contributed by atoms with Crippen molar-refractivity contribution in [2.24, 2.45) is 5.10 Å². The fraction of sp³-hybridized carbons (Fsp3) is 0.167. The van der Waals surface area contributed by atoms with Crippen LogP contribution in [0.5, 0.6) is 5.75 Å². The number of carboxylic acids is 1. The number of carboxylic acid groups (broad SMARTS) is 1. The Morgan fingerprint density at radius 3 is 2.45 bits per heavy atom. The standard InChI is InChI=1S/C18H18ClN3O6S/c1-22(29(26,27)14-7-8-16(28-2)15(19)9-14)11-17(23)21-20-10-12-3-5-13(6-4-12)18(24)25/h3-10H,11H2,1-2H3,(H,21,23)(H,24,25). The zero-order valence-electron chi connectivity index (χ0n) is 15.5. The largest absolute Gasteiger partial charge is 0.495 e. The second-order valence-electron chi connectivity index (χ2n) is 5.78. The molecule has 0 unspecified atom stereocenters. The molecule has 2 rings (SSSR count). The molecule has 1 amide bonds. The van der Waals surface area contributed by atoms with Crippen molar-refractivity contribution < 1.29 is 27.9 Å². The molecule has 0 aliphatic heterocycles. The predicted molar refractivity (Wildman–Crippen MR) is 107 cm³/mol. The molecule has 0 bridgehead atoms. The van der Waals surface area contributed by atoms with Crippen LogP contribution in [-0.4, -0.2) is 56.6 Å². The number of amides is 1. The number of nitrogens with zero attached hydrogens (tertiary/aromatic N) is 2. The maximum atomic E-state index is 12.6. The first-order valence-corrected chi connectivity index (χ1v) is 9.92. The average Bonchev–Trinajstić information content (AvgIpc) is 2.68. The zero-order chi connectivity index (χ0) is 21.6. The number of ether oxygens (including phenoxy) is 1. The number of benzene rings is 2. The Labute approximate surface area is 172 Å². The summed E-state index contributed by atoms with van der Waals surface area (Å²) in [5, 5.41) is 12.7. The normalized spacial score (nSPS) is 11.6. The fourth-order valence-corrected chi connectivity index (χ4v) is 3.68. The Morgan fingerprint density at radius 2 is 1.90 bits per heavy atom. The topological polar surface area (TPSA) is 125 Å². The van der Waals surface area contributed by atoms with Crippen LogP contribution >= 0.6 is 11.6 Å². The zero-order valence-corrected chi connectivity index (χ0v) is 17.1. The Bertz CT molecular complexity index is 1040. The number of aromatic carboxylic acids is 1. The van der Waals surface area contributed by atoms with Crippen molar-refractivity contribution in [3.63, 3.8) is 0 Å². The molecule has 0 heterocycles. The summed E-state index contributed by atoms with van der Waals surface area (Å²) in [4.78, 5) is 22.7. The van der Waals surface area contributed by atoms with E-state index >= 15 is 0 Å². The second kappa shape index (κ2) is 9.50. The molecule has 2 N–H and O–H groups in total. The van der Waals surface area contributed by atoms with Crippen LogP contribution in [0.3, 0.4) is 0 Å². The number of nitrogens with one attached hydrogen (secondary N) is 1. The molecule has 0 atom stereocenters. The molecule has 29 heavy (non-hydrogen) atoms. The Kier molecular flexibility index (Phi) is 7.32. The predicted octanol–water partition coefficient (Wildman–Crippen LogP) is 1.82. The molecule has 11 heteroatoms. The van der Waals surface area contributed by atoms with Crippen molar-refractivity contribution in [2.45, 2.75) is 4.90 Å². The number of carbonyl (C=O) groups is 2. The Balaban J connectivity index is 1.98. The first-order chi connectivity index (χ1) is 13.6. The summed E-state index contributed by atoms with van der Waals surface area (Å²) >= 11 is 5.96. The smallest absolute Gasteiger partial charge is 0.335 e. The number of sulfonamides is 1. The van der Waals surface area contributed by atoms with E-state index in [-0.39, 0.29) is 15.5 Å². The molecular weight excluding hydrogens is 422 g/mol. The van der Waals surface area contributed by atoms with Gasteiger partial charge in [0.25, 0.3) is 5.91 Å². The van der Waals surface area contributed by atoms with Gasteiger partial charge in [0, 0.05) is 7.05 Å². The minimum atomic E-state index is -3.95. The average molecular weight is 440 g/mol. The maximum Gasteiger partial charge on any atom is 0.335 e. The van der Waals surface area contributed by atoms with Gasteiger partial charge < -0.3 is 9.84 Å². The van der Waals surface area contributed by atoms with E-state index in [1.807, 2.05) is 0 Å². The number of carbonyl (C=O) groups excluding carboxylic acids is 1. The van der Waals surface area contributed by atoms with Crippen LogP contribution in [0.25, 0.3) is 0 Å². The van der Waals surface area contributed by atoms with Gasteiger partial charge >= 0.3 is 5.97 Å². The molecular formula is C18H18ClN3O6S. The highest BCUT2D eigenvalue weighted by Crippen LogP contribution is 2.27.